The number of hydrogen-bond acceptors (Lipinski definition) is 13. The topological polar surface area (TPSA) is 167 Å². The first-order chi connectivity index (χ1) is 18.7. The van der Waals surface area contributed by atoms with Gasteiger partial charge in [-0.2, -0.15) is 0 Å². The van der Waals surface area contributed by atoms with Crippen molar-refractivity contribution >= 4 is 35.8 Å². The second kappa shape index (κ2) is 12.3. The predicted octanol–water partition coefficient (Wildman–Crippen LogP) is 3.06. The van der Waals surface area contributed by atoms with Crippen LogP contribution in [0.5, 0.6) is 28.7 Å². The molecule has 0 spiro atoms. The highest BCUT2D eigenvalue weighted by atomic mass is 16.6. The van der Waals surface area contributed by atoms with Crippen LogP contribution >= 0.6 is 0 Å². The Morgan fingerprint density at radius 1 is 0.600 bits per heavy atom. The molecule has 13 nitrogen and oxygen atoms in total. The number of carbonyl (C=O) groups excluding carboxylic acids is 6. The van der Waals surface area contributed by atoms with E-state index in [0.29, 0.717) is 0 Å². The molecular weight excluding hydrogens is 532 g/mol. The number of fused-ring (bicyclic) bond motifs is 1. The van der Waals surface area contributed by atoms with Crippen molar-refractivity contribution in [3.63, 3.8) is 0 Å². The summed E-state index contributed by atoms with van der Waals surface area (Å²) in [4.78, 5) is 71.2. The molecule has 2 aromatic carbocycles. The molecule has 0 N–H and O–H groups in total. The van der Waals surface area contributed by atoms with Crippen molar-refractivity contribution in [2.45, 2.75) is 59.9 Å². The Hall–Kier alpha value is -4.94. The van der Waals surface area contributed by atoms with Crippen molar-refractivity contribution in [3.05, 3.63) is 41.5 Å². The van der Waals surface area contributed by atoms with E-state index in [2.05, 4.69) is 0 Å². The fourth-order valence-corrected chi connectivity index (χ4v) is 4.00. The van der Waals surface area contributed by atoms with Gasteiger partial charge in [0, 0.05) is 59.2 Å². The smallest absolute Gasteiger partial charge is 0.308 e. The molecule has 3 atom stereocenters. The molecule has 13 heteroatoms. The Balaban J connectivity index is 2.27. The summed E-state index contributed by atoms with van der Waals surface area (Å²) in [5, 5.41) is 0. The van der Waals surface area contributed by atoms with Crippen LogP contribution in [0.1, 0.15) is 64.9 Å². The molecule has 3 rings (SSSR count). The van der Waals surface area contributed by atoms with Crippen molar-refractivity contribution < 1.29 is 61.9 Å². The minimum Gasteiger partial charge on any atom is -0.481 e. The Kier molecular flexibility index (Phi) is 9.09. The largest absolute Gasteiger partial charge is 0.481 e. The fraction of sp³-hybridized carbons (Fsp3) is 0.333. The van der Waals surface area contributed by atoms with Crippen molar-refractivity contribution in [2.24, 2.45) is 0 Å². The van der Waals surface area contributed by atoms with Crippen molar-refractivity contribution in [1.82, 2.24) is 0 Å². The predicted molar refractivity (Wildman–Crippen MR) is 132 cm³/mol. The lowest BCUT2D eigenvalue weighted by Crippen LogP contribution is -2.40. The third-order valence-electron chi connectivity index (χ3n) is 5.13. The van der Waals surface area contributed by atoms with E-state index in [4.69, 9.17) is 33.2 Å². The van der Waals surface area contributed by atoms with Gasteiger partial charge in [0.2, 0.25) is 0 Å². The van der Waals surface area contributed by atoms with Crippen LogP contribution < -0.4 is 23.7 Å². The third kappa shape index (κ3) is 7.34. The van der Waals surface area contributed by atoms with Crippen LogP contribution in [0.15, 0.2) is 30.3 Å². The first-order valence-corrected chi connectivity index (χ1v) is 11.8. The minimum atomic E-state index is -1.37. The highest BCUT2D eigenvalue weighted by molar-refractivity contribution is 5.75. The molecule has 0 radical (unpaired) electrons. The molecular formula is C27H26O13. The van der Waals surface area contributed by atoms with Gasteiger partial charge in [0.25, 0.3) is 0 Å². The number of hydrogen-bond donors (Lipinski definition) is 0. The molecule has 212 valence electrons. The minimum absolute atomic E-state index is 0.0283. The van der Waals surface area contributed by atoms with E-state index < -0.39 is 54.1 Å². The lowest BCUT2D eigenvalue weighted by atomic mass is 9.90. The normalized spacial score (nSPS) is 17.3. The number of carbonyl (C=O) groups is 6. The maximum atomic E-state index is 12.2. The molecule has 0 saturated carbocycles. The van der Waals surface area contributed by atoms with Crippen LogP contribution in [0.2, 0.25) is 0 Å². The number of ether oxygens (including phenoxy) is 7. The Morgan fingerprint density at radius 2 is 1.15 bits per heavy atom. The molecule has 2 aromatic rings. The molecule has 1 heterocycles. The summed E-state index contributed by atoms with van der Waals surface area (Å²) in [6.07, 6.45) is -3.95. The van der Waals surface area contributed by atoms with Gasteiger partial charge in [-0.15, -0.1) is 0 Å². The van der Waals surface area contributed by atoms with Crippen LogP contribution in [-0.4, -0.2) is 41.9 Å². The van der Waals surface area contributed by atoms with Gasteiger partial charge < -0.3 is 33.2 Å². The van der Waals surface area contributed by atoms with Crippen LogP contribution in [0.25, 0.3) is 0 Å². The van der Waals surface area contributed by atoms with E-state index in [1.54, 1.807) is 0 Å². The average Bonchev–Trinajstić information content (AvgIpc) is 2.79. The maximum Gasteiger partial charge on any atom is 0.308 e. The van der Waals surface area contributed by atoms with Crippen LogP contribution in [-0.2, 0) is 38.2 Å². The van der Waals surface area contributed by atoms with Gasteiger partial charge >= 0.3 is 35.8 Å². The summed E-state index contributed by atoms with van der Waals surface area (Å²) in [6.45, 7) is 6.84. The van der Waals surface area contributed by atoms with E-state index in [0.717, 1.165) is 41.5 Å². The summed E-state index contributed by atoms with van der Waals surface area (Å²) >= 11 is 0. The van der Waals surface area contributed by atoms with E-state index in [9.17, 15) is 28.8 Å². The first-order valence-electron chi connectivity index (χ1n) is 11.8. The monoisotopic (exact) mass is 558 g/mol. The van der Waals surface area contributed by atoms with Gasteiger partial charge in [-0.1, -0.05) is 6.07 Å². The summed E-state index contributed by atoms with van der Waals surface area (Å²) in [6, 6.07) is 6.63. The molecule has 40 heavy (non-hydrogen) atoms. The summed E-state index contributed by atoms with van der Waals surface area (Å²) < 4.78 is 38.0. The standard InChI is InChI=1S/C27H26O13/c1-12(28)34-19-10-22(37-15(4)31)24-23(11-19)40-25(27(39-17(6)33)26(24)38-16(5)32)18-7-8-20(35-13(2)29)21(9-18)36-14(3)30/h7-11,25-27H,1-6H3/t25-,26-,27+/m1/s1. The zero-order valence-electron chi connectivity index (χ0n) is 22.4. The lowest BCUT2D eigenvalue weighted by molar-refractivity contribution is -0.178. The first kappa shape index (κ1) is 29.6. The van der Waals surface area contributed by atoms with Gasteiger partial charge in [0.15, 0.2) is 29.8 Å². The lowest BCUT2D eigenvalue weighted by Gasteiger charge is -2.39. The van der Waals surface area contributed by atoms with Crippen LogP contribution in [0.4, 0.5) is 0 Å². The molecule has 0 aromatic heterocycles. The maximum absolute atomic E-state index is 12.2. The van der Waals surface area contributed by atoms with E-state index in [-0.39, 0.29) is 39.9 Å². The van der Waals surface area contributed by atoms with E-state index in [1.165, 1.54) is 30.3 Å². The Bertz CT molecular complexity index is 1380. The average molecular weight is 558 g/mol. The highest BCUT2D eigenvalue weighted by Crippen LogP contribution is 2.51. The summed E-state index contributed by atoms with van der Waals surface area (Å²) in [5.41, 5.74) is 0.272. The fourth-order valence-electron chi connectivity index (χ4n) is 4.00. The second-order valence-corrected chi connectivity index (χ2v) is 8.56. The molecule has 1 aliphatic rings. The van der Waals surface area contributed by atoms with Gasteiger partial charge in [-0.3, -0.25) is 28.8 Å². The second-order valence-electron chi connectivity index (χ2n) is 8.56. The molecule has 0 unspecified atom stereocenters. The molecule has 1 aliphatic heterocycles. The van der Waals surface area contributed by atoms with Gasteiger partial charge in [-0.25, -0.2) is 0 Å². The van der Waals surface area contributed by atoms with Gasteiger partial charge in [-0.05, 0) is 12.1 Å². The zero-order chi connectivity index (χ0) is 29.7. The van der Waals surface area contributed by atoms with Crippen LogP contribution in [0, 0.1) is 0 Å². The van der Waals surface area contributed by atoms with Gasteiger partial charge in [0.1, 0.15) is 17.2 Å². The molecule has 0 bridgehead atoms. The number of rotatable bonds is 7. The Morgan fingerprint density at radius 3 is 1.70 bits per heavy atom. The van der Waals surface area contributed by atoms with Crippen LogP contribution in [0.3, 0.4) is 0 Å². The van der Waals surface area contributed by atoms with Gasteiger partial charge in [0.05, 0.1) is 5.56 Å². The molecule has 0 aliphatic carbocycles. The van der Waals surface area contributed by atoms with Crippen molar-refractivity contribution in [2.75, 3.05) is 0 Å². The Labute approximate surface area is 228 Å². The van der Waals surface area contributed by atoms with E-state index in [1.807, 2.05) is 0 Å². The third-order valence-corrected chi connectivity index (χ3v) is 5.13. The zero-order valence-corrected chi connectivity index (χ0v) is 22.4. The quantitative estimate of drug-likeness (QED) is 0.359. The molecule has 0 amide bonds. The van der Waals surface area contributed by atoms with Crippen molar-refractivity contribution in [1.29, 1.82) is 0 Å². The molecule has 0 saturated heterocycles. The SMILES string of the molecule is CC(=O)Oc1cc(OC(C)=O)c2c(c1)O[C@H](c1ccc(OC(C)=O)c(OC(C)=O)c1)[C@H](OC(C)=O)[C@@H]2OC(C)=O. The highest BCUT2D eigenvalue weighted by Gasteiger charge is 2.46. The summed E-state index contributed by atoms with van der Waals surface area (Å²) in [7, 11) is 0. The molecule has 0 fully saturated rings. The number of esters is 6. The summed E-state index contributed by atoms with van der Waals surface area (Å²) in [5.74, 6) is -4.82. The van der Waals surface area contributed by atoms with Crippen molar-refractivity contribution in [3.8, 4) is 28.7 Å². The number of benzene rings is 2. The van der Waals surface area contributed by atoms with E-state index >= 15 is 0 Å².